The van der Waals surface area contributed by atoms with Crippen LogP contribution in [0.4, 0.5) is 0 Å². The third-order valence-electron chi connectivity index (χ3n) is 3.25. The number of hydrogen-bond donors (Lipinski definition) is 1. The molecule has 0 spiro atoms. The Labute approximate surface area is 106 Å². The topological polar surface area (TPSA) is 93.1 Å². The zero-order valence-corrected chi connectivity index (χ0v) is 10.8. The predicted molar refractivity (Wildman–Crippen MR) is 61.7 cm³/mol. The van der Waals surface area contributed by atoms with Crippen molar-refractivity contribution in [1.29, 1.82) is 0 Å². The second-order valence-corrected chi connectivity index (χ2v) is 6.63. The highest BCUT2D eigenvalue weighted by atomic mass is 32.2. The molecule has 8 heteroatoms. The summed E-state index contributed by atoms with van der Waals surface area (Å²) in [6, 6.07) is 0. The largest absolute Gasteiger partial charge is 0.479 e. The first-order valence-corrected chi connectivity index (χ1v) is 7.43. The SMILES string of the molecule is O=C(O)C1CN(S(=O)(=O)C2CCOCC2)CCO1. The average Bonchev–Trinajstić information content (AvgIpc) is 2.40. The first kappa shape index (κ1) is 13.7. The summed E-state index contributed by atoms with van der Waals surface area (Å²) in [6.07, 6.45) is -0.122. The molecule has 0 saturated carbocycles. The maximum Gasteiger partial charge on any atom is 0.334 e. The van der Waals surface area contributed by atoms with Gasteiger partial charge in [0.1, 0.15) is 0 Å². The number of rotatable bonds is 3. The number of nitrogens with zero attached hydrogens (tertiary/aromatic N) is 1. The Balaban J connectivity index is 2.06. The van der Waals surface area contributed by atoms with Crippen molar-refractivity contribution in [3.63, 3.8) is 0 Å². The van der Waals surface area contributed by atoms with Crippen molar-refractivity contribution in [2.75, 3.05) is 32.9 Å². The molecule has 0 aromatic carbocycles. The number of aliphatic carboxylic acids is 1. The highest BCUT2D eigenvalue weighted by molar-refractivity contribution is 7.89. The van der Waals surface area contributed by atoms with Gasteiger partial charge in [0.05, 0.1) is 18.4 Å². The molecule has 7 nitrogen and oxygen atoms in total. The van der Waals surface area contributed by atoms with Crippen LogP contribution in [0, 0.1) is 0 Å². The van der Waals surface area contributed by atoms with E-state index in [2.05, 4.69) is 0 Å². The van der Waals surface area contributed by atoms with E-state index in [-0.39, 0.29) is 19.7 Å². The van der Waals surface area contributed by atoms with Gasteiger partial charge in [0, 0.05) is 19.8 Å². The molecule has 2 fully saturated rings. The van der Waals surface area contributed by atoms with Crippen LogP contribution in [-0.4, -0.2) is 68.1 Å². The summed E-state index contributed by atoms with van der Waals surface area (Å²) in [4.78, 5) is 10.8. The standard InChI is InChI=1S/C10H17NO6S/c12-10(13)9-7-11(3-6-17-9)18(14,15)8-1-4-16-5-2-8/h8-9H,1-7H2,(H,12,13). The second-order valence-electron chi connectivity index (χ2n) is 4.41. The first-order chi connectivity index (χ1) is 8.51. The number of carboxylic acid groups (broad SMARTS) is 1. The van der Waals surface area contributed by atoms with Crippen LogP contribution in [-0.2, 0) is 24.3 Å². The van der Waals surface area contributed by atoms with Gasteiger partial charge < -0.3 is 14.6 Å². The number of hydrogen-bond acceptors (Lipinski definition) is 5. The quantitative estimate of drug-likeness (QED) is 0.733. The maximum absolute atomic E-state index is 12.3. The maximum atomic E-state index is 12.3. The van der Waals surface area contributed by atoms with Gasteiger partial charge >= 0.3 is 5.97 Å². The van der Waals surface area contributed by atoms with Gasteiger partial charge in [-0.25, -0.2) is 13.2 Å². The fraction of sp³-hybridized carbons (Fsp3) is 0.900. The molecule has 104 valence electrons. The summed E-state index contributed by atoms with van der Waals surface area (Å²) in [5.41, 5.74) is 0. The predicted octanol–water partition coefficient (Wildman–Crippen LogP) is -0.719. The van der Waals surface area contributed by atoms with E-state index in [0.717, 1.165) is 0 Å². The van der Waals surface area contributed by atoms with E-state index in [9.17, 15) is 13.2 Å². The Morgan fingerprint density at radius 1 is 1.22 bits per heavy atom. The van der Waals surface area contributed by atoms with Crippen molar-refractivity contribution in [2.45, 2.75) is 24.2 Å². The number of morpholine rings is 1. The van der Waals surface area contributed by atoms with Crippen LogP contribution < -0.4 is 0 Å². The lowest BCUT2D eigenvalue weighted by Gasteiger charge is -2.34. The van der Waals surface area contributed by atoms with Gasteiger partial charge in [-0.3, -0.25) is 0 Å². The minimum atomic E-state index is -3.44. The van der Waals surface area contributed by atoms with Crippen molar-refractivity contribution >= 4 is 16.0 Å². The molecule has 2 aliphatic rings. The van der Waals surface area contributed by atoms with Crippen LogP contribution in [0.5, 0.6) is 0 Å². The molecule has 2 saturated heterocycles. The van der Waals surface area contributed by atoms with Crippen LogP contribution in [0.15, 0.2) is 0 Å². The third kappa shape index (κ3) is 2.82. The summed E-state index contributed by atoms with van der Waals surface area (Å²) in [6.45, 7) is 1.13. The van der Waals surface area contributed by atoms with Crippen molar-refractivity contribution < 1.29 is 27.8 Å². The Morgan fingerprint density at radius 3 is 2.50 bits per heavy atom. The van der Waals surface area contributed by atoms with Gasteiger partial charge in [0.25, 0.3) is 0 Å². The fourth-order valence-electron chi connectivity index (χ4n) is 2.19. The molecular formula is C10H17NO6S. The van der Waals surface area contributed by atoms with Gasteiger partial charge in [0.15, 0.2) is 6.10 Å². The Morgan fingerprint density at radius 2 is 1.89 bits per heavy atom. The molecule has 1 atom stereocenters. The van der Waals surface area contributed by atoms with E-state index >= 15 is 0 Å². The molecule has 2 rings (SSSR count). The van der Waals surface area contributed by atoms with Crippen molar-refractivity contribution in [1.82, 2.24) is 4.31 Å². The van der Waals surface area contributed by atoms with Gasteiger partial charge in [-0.2, -0.15) is 4.31 Å². The summed E-state index contributed by atoms with van der Waals surface area (Å²) < 4.78 is 36.1. The van der Waals surface area contributed by atoms with Gasteiger partial charge in [-0.05, 0) is 12.8 Å². The normalized spacial score (nSPS) is 28.1. The smallest absolute Gasteiger partial charge is 0.334 e. The van der Waals surface area contributed by atoms with Crippen LogP contribution in [0.25, 0.3) is 0 Å². The van der Waals surface area contributed by atoms with Gasteiger partial charge in [0.2, 0.25) is 10.0 Å². The van der Waals surface area contributed by atoms with Crippen molar-refractivity contribution in [2.24, 2.45) is 0 Å². The Hall–Kier alpha value is -0.700. The summed E-state index contributed by atoms with van der Waals surface area (Å²) in [7, 11) is -3.44. The van der Waals surface area contributed by atoms with Crippen LogP contribution >= 0.6 is 0 Å². The molecule has 0 aliphatic carbocycles. The summed E-state index contributed by atoms with van der Waals surface area (Å²) in [5.74, 6) is -1.12. The third-order valence-corrected chi connectivity index (χ3v) is 5.62. The lowest BCUT2D eigenvalue weighted by molar-refractivity contribution is -0.153. The molecule has 1 N–H and O–H groups in total. The number of sulfonamides is 1. The molecule has 0 amide bonds. The van der Waals surface area contributed by atoms with Crippen LogP contribution in [0.1, 0.15) is 12.8 Å². The molecule has 0 aromatic heterocycles. The highest BCUT2D eigenvalue weighted by Gasteiger charge is 2.38. The molecular weight excluding hydrogens is 262 g/mol. The van der Waals surface area contributed by atoms with Crippen molar-refractivity contribution in [3.05, 3.63) is 0 Å². The lowest BCUT2D eigenvalue weighted by Crippen LogP contribution is -2.51. The summed E-state index contributed by atoms with van der Waals surface area (Å²) in [5, 5.41) is 8.41. The molecule has 2 heterocycles. The van der Waals surface area contributed by atoms with E-state index in [0.29, 0.717) is 26.1 Å². The summed E-state index contributed by atoms with van der Waals surface area (Å²) >= 11 is 0. The molecule has 0 radical (unpaired) electrons. The highest BCUT2D eigenvalue weighted by Crippen LogP contribution is 2.21. The molecule has 18 heavy (non-hydrogen) atoms. The van der Waals surface area contributed by atoms with E-state index < -0.39 is 27.3 Å². The average molecular weight is 279 g/mol. The molecule has 0 aromatic rings. The van der Waals surface area contributed by atoms with Gasteiger partial charge in [-0.1, -0.05) is 0 Å². The second kappa shape index (κ2) is 5.52. The number of carbonyl (C=O) groups is 1. The number of ether oxygens (including phenoxy) is 2. The number of carboxylic acids is 1. The lowest BCUT2D eigenvalue weighted by atomic mass is 10.2. The molecule has 1 unspecified atom stereocenters. The molecule has 0 bridgehead atoms. The van der Waals surface area contributed by atoms with Gasteiger partial charge in [-0.15, -0.1) is 0 Å². The monoisotopic (exact) mass is 279 g/mol. The zero-order chi connectivity index (χ0) is 13.2. The molecule has 2 aliphatic heterocycles. The minimum absolute atomic E-state index is 0.102. The van der Waals surface area contributed by atoms with Crippen LogP contribution in [0.2, 0.25) is 0 Å². The fourth-order valence-corrected chi connectivity index (χ4v) is 4.07. The first-order valence-electron chi connectivity index (χ1n) is 5.93. The zero-order valence-electron chi connectivity index (χ0n) is 9.95. The van der Waals surface area contributed by atoms with E-state index in [1.54, 1.807) is 0 Å². The van der Waals surface area contributed by atoms with Crippen molar-refractivity contribution in [3.8, 4) is 0 Å². The Kier molecular flexibility index (Phi) is 4.21. The van der Waals surface area contributed by atoms with E-state index in [1.165, 1.54) is 4.31 Å². The van der Waals surface area contributed by atoms with Crippen LogP contribution in [0.3, 0.4) is 0 Å². The minimum Gasteiger partial charge on any atom is -0.479 e. The Bertz CT molecular complexity index is 403. The van der Waals surface area contributed by atoms with E-state index in [4.69, 9.17) is 14.6 Å². The van der Waals surface area contributed by atoms with E-state index in [1.807, 2.05) is 0 Å².